The molecule has 3 aromatic rings. The van der Waals surface area contributed by atoms with Crippen LogP contribution in [0.4, 0.5) is 17.1 Å². The van der Waals surface area contributed by atoms with Gasteiger partial charge in [0.05, 0.1) is 10.6 Å². The number of fused-ring (bicyclic) bond motifs is 1. The van der Waals surface area contributed by atoms with Crippen LogP contribution in [-0.2, 0) is 16.4 Å². The second-order valence-electron chi connectivity index (χ2n) is 7.31. The van der Waals surface area contributed by atoms with Gasteiger partial charge < -0.3 is 10.6 Å². The summed E-state index contributed by atoms with van der Waals surface area (Å²) in [5.41, 5.74) is 5.80. The fraction of sp³-hybridized carbons (Fsp3) is 0.174. The van der Waals surface area contributed by atoms with E-state index in [-0.39, 0.29) is 4.90 Å². The Labute approximate surface area is 182 Å². The van der Waals surface area contributed by atoms with Gasteiger partial charge in [0, 0.05) is 17.9 Å². The second kappa shape index (κ2) is 8.08. The number of sulfonamides is 1. The molecule has 0 amide bonds. The Balaban J connectivity index is 1.48. The summed E-state index contributed by atoms with van der Waals surface area (Å²) < 4.78 is 27.7. The van der Waals surface area contributed by atoms with Crippen LogP contribution in [0.1, 0.15) is 16.7 Å². The van der Waals surface area contributed by atoms with Gasteiger partial charge in [-0.25, -0.2) is 8.42 Å². The molecule has 3 aromatic carbocycles. The van der Waals surface area contributed by atoms with Crippen LogP contribution in [0, 0.1) is 13.8 Å². The average molecular weight is 438 g/mol. The largest absolute Gasteiger partial charge is 0.332 e. The van der Waals surface area contributed by atoms with Gasteiger partial charge in [0.1, 0.15) is 0 Å². The fourth-order valence-electron chi connectivity index (χ4n) is 3.57. The van der Waals surface area contributed by atoms with E-state index in [9.17, 15) is 8.42 Å². The molecule has 30 heavy (non-hydrogen) atoms. The van der Waals surface area contributed by atoms with Crippen LogP contribution in [-0.4, -0.2) is 20.1 Å². The van der Waals surface area contributed by atoms with Gasteiger partial charge in [-0.3, -0.25) is 4.31 Å². The van der Waals surface area contributed by atoms with Crippen molar-refractivity contribution in [2.45, 2.75) is 25.2 Å². The van der Waals surface area contributed by atoms with E-state index >= 15 is 0 Å². The van der Waals surface area contributed by atoms with Crippen molar-refractivity contribution in [1.82, 2.24) is 0 Å². The summed E-state index contributed by atoms with van der Waals surface area (Å²) in [6.45, 7) is 4.55. The number of thiocarbonyl (C=S) groups is 1. The van der Waals surface area contributed by atoms with Crippen molar-refractivity contribution in [2.24, 2.45) is 0 Å². The van der Waals surface area contributed by atoms with E-state index in [2.05, 4.69) is 23.6 Å². The number of aryl methyl sites for hydroxylation is 1. The number of nitrogens with zero attached hydrogens (tertiary/aromatic N) is 1. The first kappa shape index (κ1) is 20.4. The standard InChI is InChI=1S/C23H23N3O2S2/c1-16-6-5-8-21(17(16)2)25-23(29)24-19-10-12-20(13-11-19)30(27,28)26-15-14-18-7-3-4-9-22(18)26/h3-13H,14-15H2,1-2H3,(H2,24,25,29). The molecular formula is C23H23N3O2S2. The smallest absolute Gasteiger partial charge is 0.264 e. The van der Waals surface area contributed by atoms with Crippen LogP contribution in [0.25, 0.3) is 0 Å². The molecule has 0 aliphatic carbocycles. The summed E-state index contributed by atoms with van der Waals surface area (Å²) in [6, 6.07) is 20.3. The molecule has 2 N–H and O–H groups in total. The highest BCUT2D eigenvalue weighted by atomic mass is 32.2. The van der Waals surface area contributed by atoms with E-state index in [1.165, 1.54) is 9.87 Å². The molecular weight excluding hydrogens is 414 g/mol. The first-order valence-corrected chi connectivity index (χ1v) is 11.6. The molecule has 0 fully saturated rings. The minimum absolute atomic E-state index is 0.262. The Kier molecular flexibility index (Phi) is 5.49. The first-order chi connectivity index (χ1) is 14.4. The molecule has 0 bridgehead atoms. The van der Waals surface area contributed by atoms with Crippen molar-refractivity contribution in [3.8, 4) is 0 Å². The Morgan fingerprint density at radius 1 is 0.933 bits per heavy atom. The van der Waals surface area contributed by atoms with Gasteiger partial charge in [-0.2, -0.15) is 0 Å². The molecule has 0 spiro atoms. The van der Waals surface area contributed by atoms with E-state index in [1.54, 1.807) is 24.3 Å². The van der Waals surface area contributed by atoms with E-state index in [1.807, 2.05) is 43.3 Å². The van der Waals surface area contributed by atoms with E-state index < -0.39 is 10.0 Å². The van der Waals surface area contributed by atoms with Crippen molar-refractivity contribution in [1.29, 1.82) is 0 Å². The van der Waals surface area contributed by atoms with Gasteiger partial charge >= 0.3 is 0 Å². The normalized spacial score (nSPS) is 13.1. The number of rotatable bonds is 4. The van der Waals surface area contributed by atoms with Gasteiger partial charge in [0.2, 0.25) is 0 Å². The molecule has 7 heteroatoms. The summed E-state index contributed by atoms with van der Waals surface area (Å²) in [7, 11) is -3.60. The van der Waals surface area contributed by atoms with Gasteiger partial charge in [-0.05, 0) is 85.6 Å². The lowest BCUT2D eigenvalue weighted by Crippen LogP contribution is -2.29. The molecule has 4 rings (SSSR count). The third kappa shape index (κ3) is 3.91. The van der Waals surface area contributed by atoms with Crippen LogP contribution in [0.3, 0.4) is 0 Å². The molecule has 1 aliphatic heterocycles. The molecule has 154 valence electrons. The molecule has 1 heterocycles. The van der Waals surface area contributed by atoms with E-state index in [0.717, 1.165) is 34.6 Å². The fourth-order valence-corrected chi connectivity index (χ4v) is 5.30. The highest BCUT2D eigenvalue weighted by Crippen LogP contribution is 2.32. The Morgan fingerprint density at radius 3 is 2.43 bits per heavy atom. The van der Waals surface area contributed by atoms with E-state index in [0.29, 0.717) is 11.7 Å². The molecule has 5 nitrogen and oxygen atoms in total. The van der Waals surface area contributed by atoms with Crippen molar-refractivity contribution in [3.63, 3.8) is 0 Å². The molecule has 0 saturated carbocycles. The number of hydrogen-bond acceptors (Lipinski definition) is 3. The summed E-state index contributed by atoms with van der Waals surface area (Å²) in [5, 5.41) is 6.76. The van der Waals surface area contributed by atoms with Gasteiger partial charge in [-0.1, -0.05) is 30.3 Å². The zero-order valence-electron chi connectivity index (χ0n) is 16.8. The van der Waals surface area contributed by atoms with Crippen LogP contribution >= 0.6 is 12.2 Å². The van der Waals surface area contributed by atoms with Gasteiger partial charge in [0.15, 0.2) is 5.11 Å². The number of para-hydroxylation sites is 1. The van der Waals surface area contributed by atoms with Crippen LogP contribution in [0.5, 0.6) is 0 Å². The Morgan fingerprint density at radius 2 is 1.67 bits per heavy atom. The lowest BCUT2D eigenvalue weighted by Gasteiger charge is -2.20. The van der Waals surface area contributed by atoms with Crippen molar-refractivity contribution in [3.05, 3.63) is 83.4 Å². The molecule has 1 aliphatic rings. The van der Waals surface area contributed by atoms with Crippen molar-refractivity contribution in [2.75, 3.05) is 21.5 Å². The maximum absolute atomic E-state index is 13.1. The SMILES string of the molecule is Cc1cccc(NC(=S)Nc2ccc(S(=O)(=O)N3CCc4ccccc43)cc2)c1C. The molecule has 0 unspecified atom stereocenters. The molecule has 0 aromatic heterocycles. The monoisotopic (exact) mass is 437 g/mol. The second-order valence-corrected chi connectivity index (χ2v) is 9.58. The predicted molar refractivity (Wildman–Crippen MR) is 127 cm³/mol. The summed E-state index contributed by atoms with van der Waals surface area (Å²) in [6.07, 6.45) is 0.730. The third-order valence-corrected chi connectivity index (χ3v) is 7.43. The highest BCUT2D eigenvalue weighted by molar-refractivity contribution is 7.92. The lowest BCUT2D eigenvalue weighted by atomic mass is 10.1. The summed E-state index contributed by atoms with van der Waals surface area (Å²) in [4.78, 5) is 0.262. The van der Waals surface area contributed by atoms with Gasteiger partial charge in [-0.15, -0.1) is 0 Å². The van der Waals surface area contributed by atoms with Crippen molar-refractivity contribution >= 4 is 44.4 Å². The number of nitrogens with one attached hydrogen (secondary N) is 2. The minimum Gasteiger partial charge on any atom is -0.332 e. The quantitative estimate of drug-likeness (QED) is 0.571. The summed E-state index contributed by atoms with van der Waals surface area (Å²) >= 11 is 5.41. The van der Waals surface area contributed by atoms with Gasteiger partial charge in [0.25, 0.3) is 10.0 Å². The number of anilines is 3. The van der Waals surface area contributed by atoms with Crippen molar-refractivity contribution < 1.29 is 8.42 Å². The average Bonchev–Trinajstić information content (AvgIpc) is 3.17. The predicted octanol–water partition coefficient (Wildman–Crippen LogP) is 4.86. The first-order valence-electron chi connectivity index (χ1n) is 9.71. The molecule has 0 saturated heterocycles. The topological polar surface area (TPSA) is 61.4 Å². The maximum atomic E-state index is 13.1. The lowest BCUT2D eigenvalue weighted by molar-refractivity contribution is 0.592. The molecule has 0 radical (unpaired) electrons. The highest BCUT2D eigenvalue weighted by Gasteiger charge is 2.30. The van der Waals surface area contributed by atoms with Crippen LogP contribution in [0.15, 0.2) is 71.6 Å². The molecule has 0 atom stereocenters. The Bertz CT molecular complexity index is 1210. The third-order valence-electron chi connectivity index (χ3n) is 5.40. The Hall–Kier alpha value is -2.90. The minimum atomic E-state index is -3.60. The number of hydrogen-bond donors (Lipinski definition) is 2. The van der Waals surface area contributed by atoms with Crippen LogP contribution in [0.2, 0.25) is 0 Å². The number of benzene rings is 3. The zero-order chi connectivity index (χ0) is 21.3. The zero-order valence-corrected chi connectivity index (χ0v) is 18.5. The maximum Gasteiger partial charge on any atom is 0.264 e. The summed E-state index contributed by atoms with van der Waals surface area (Å²) in [5.74, 6) is 0. The van der Waals surface area contributed by atoms with Crippen LogP contribution < -0.4 is 14.9 Å². The van der Waals surface area contributed by atoms with E-state index in [4.69, 9.17) is 12.2 Å².